The standard InChI is InChI=1S/C14H16BrN3O/c1-3-19-17-9-14-13(15)8-16-18(14)10-12-6-4-11(2)5-7-12/h4-9H,3,10H2,1-2H3. The Morgan fingerprint density at radius 3 is 2.79 bits per heavy atom. The molecule has 0 bridgehead atoms. The summed E-state index contributed by atoms with van der Waals surface area (Å²) < 4.78 is 2.79. The summed E-state index contributed by atoms with van der Waals surface area (Å²) in [4.78, 5) is 4.99. The number of oxime groups is 1. The van der Waals surface area contributed by atoms with Gasteiger partial charge in [-0.2, -0.15) is 5.10 Å². The average Bonchev–Trinajstić information content (AvgIpc) is 2.74. The van der Waals surface area contributed by atoms with Crippen LogP contribution < -0.4 is 0 Å². The molecule has 0 spiro atoms. The van der Waals surface area contributed by atoms with Gasteiger partial charge in [-0.15, -0.1) is 0 Å². The molecule has 2 rings (SSSR count). The summed E-state index contributed by atoms with van der Waals surface area (Å²) in [6, 6.07) is 8.41. The molecule has 0 saturated heterocycles. The zero-order valence-electron chi connectivity index (χ0n) is 11.0. The molecule has 5 heteroatoms. The molecular formula is C14H16BrN3O. The third-order valence-corrected chi connectivity index (χ3v) is 3.28. The second kappa shape index (κ2) is 6.52. The van der Waals surface area contributed by atoms with E-state index in [1.165, 1.54) is 11.1 Å². The SMILES string of the molecule is CCON=Cc1c(Br)cnn1Cc1ccc(C)cc1. The summed E-state index contributed by atoms with van der Waals surface area (Å²) in [7, 11) is 0. The third kappa shape index (κ3) is 3.67. The molecule has 2 aromatic rings. The van der Waals surface area contributed by atoms with E-state index in [9.17, 15) is 0 Å². The zero-order chi connectivity index (χ0) is 13.7. The van der Waals surface area contributed by atoms with E-state index in [1.807, 2.05) is 11.6 Å². The van der Waals surface area contributed by atoms with Crippen molar-refractivity contribution < 1.29 is 4.84 Å². The fraction of sp³-hybridized carbons (Fsp3) is 0.286. The first kappa shape index (κ1) is 13.8. The van der Waals surface area contributed by atoms with Gasteiger partial charge in [-0.25, -0.2) is 0 Å². The van der Waals surface area contributed by atoms with Gasteiger partial charge in [0.15, 0.2) is 0 Å². The molecule has 0 radical (unpaired) electrons. The van der Waals surface area contributed by atoms with Crippen molar-refractivity contribution in [3.63, 3.8) is 0 Å². The maximum atomic E-state index is 4.99. The van der Waals surface area contributed by atoms with E-state index in [-0.39, 0.29) is 0 Å². The summed E-state index contributed by atoms with van der Waals surface area (Å²) in [5, 5.41) is 8.23. The van der Waals surface area contributed by atoms with Crippen LogP contribution in [0.1, 0.15) is 23.7 Å². The van der Waals surface area contributed by atoms with Gasteiger partial charge in [-0.3, -0.25) is 4.68 Å². The van der Waals surface area contributed by atoms with Crippen molar-refractivity contribution in [2.24, 2.45) is 5.16 Å². The Labute approximate surface area is 121 Å². The smallest absolute Gasteiger partial charge is 0.114 e. The number of hydrogen-bond acceptors (Lipinski definition) is 3. The van der Waals surface area contributed by atoms with Gasteiger partial charge in [0.2, 0.25) is 0 Å². The fourth-order valence-electron chi connectivity index (χ4n) is 1.65. The van der Waals surface area contributed by atoms with Gasteiger partial charge in [0.05, 0.1) is 29.1 Å². The molecule has 0 unspecified atom stereocenters. The normalized spacial score (nSPS) is 11.1. The van der Waals surface area contributed by atoms with Crippen LogP contribution in [0.5, 0.6) is 0 Å². The highest BCUT2D eigenvalue weighted by Crippen LogP contribution is 2.15. The lowest BCUT2D eigenvalue weighted by Crippen LogP contribution is -2.06. The molecule has 1 aromatic carbocycles. The van der Waals surface area contributed by atoms with Crippen LogP contribution in [0, 0.1) is 6.92 Å². The molecule has 0 aliphatic carbocycles. The lowest BCUT2D eigenvalue weighted by atomic mass is 10.1. The van der Waals surface area contributed by atoms with E-state index in [2.05, 4.69) is 57.4 Å². The van der Waals surface area contributed by atoms with Crippen LogP contribution in [-0.2, 0) is 11.4 Å². The molecule has 19 heavy (non-hydrogen) atoms. The molecule has 4 nitrogen and oxygen atoms in total. The Bertz CT molecular complexity index is 561. The molecule has 0 N–H and O–H groups in total. The van der Waals surface area contributed by atoms with Crippen molar-refractivity contribution in [1.29, 1.82) is 0 Å². The molecule has 0 aliphatic heterocycles. The maximum Gasteiger partial charge on any atom is 0.114 e. The highest BCUT2D eigenvalue weighted by Gasteiger charge is 2.07. The quantitative estimate of drug-likeness (QED) is 0.625. The van der Waals surface area contributed by atoms with Gasteiger partial charge in [-0.1, -0.05) is 35.0 Å². The van der Waals surface area contributed by atoms with Crippen LogP contribution in [0.2, 0.25) is 0 Å². The van der Waals surface area contributed by atoms with Crippen molar-refractivity contribution >= 4 is 22.1 Å². The molecule has 0 fully saturated rings. The maximum absolute atomic E-state index is 4.99. The Morgan fingerprint density at radius 1 is 1.37 bits per heavy atom. The van der Waals surface area contributed by atoms with Gasteiger partial charge < -0.3 is 4.84 Å². The van der Waals surface area contributed by atoms with Crippen LogP contribution >= 0.6 is 15.9 Å². The summed E-state index contributed by atoms with van der Waals surface area (Å²) in [5.74, 6) is 0. The minimum Gasteiger partial charge on any atom is -0.396 e. The third-order valence-electron chi connectivity index (χ3n) is 2.66. The van der Waals surface area contributed by atoms with E-state index < -0.39 is 0 Å². The van der Waals surface area contributed by atoms with E-state index in [0.717, 1.165) is 10.2 Å². The number of aromatic nitrogens is 2. The van der Waals surface area contributed by atoms with Crippen LogP contribution in [0.15, 0.2) is 40.1 Å². The topological polar surface area (TPSA) is 39.4 Å². The number of rotatable bonds is 5. The van der Waals surface area contributed by atoms with Crippen molar-refractivity contribution in [3.8, 4) is 0 Å². The van der Waals surface area contributed by atoms with Gasteiger partial charge in [0.25, 0.3) is 0 Å². The Morgan fingerprint density at radius 2 is 2.11 bits per heavy atom. The number of halogens is 1. The van der Waals surface area contributed by atoms with Gasteiger partial charge in [-0.05, 0) is 35.3 Å². The van der Waals surface area contributed by atoms with E-state index in [1.54, 1.807) is 12.4 Å². The Balaban J connectivity index is 2.18. The largest absolute Gasteiger partial charge is 0.396 e. The molecular weight excluding hydrogens is 306 g/mol. The lowest BCUT2D eigenvalue weighted by molar-refractivity contribution is 0.160. The number of benzene rings is 1. The van der Waals surface area contributed by atoms with Gasteiger partial charge in [0, 0.05) is 0 Å². The minimum atomic E-state index is 0.556. The predicted molar refractivity (Wildman–Crippen MR) is 79.4 cm³/mol. The van der Waals surface area contributed by atoms with Crippen molar-refractivity contribution in [2.75, 3.05) is 6.61 Å². The van der Waals surface area contributed by atoms with Crippen LogP contribution in [0.4, 0.5) is 0 Å². The van der Waals surface area contributed by atoms with Crippen molar-refractivity contribution in [3.05, 3.63) is 51.8 Å². The summed E-state index contributed by atoms with van der Waals surface area (Å²) in [6.07, 6.45) is 3.44. The van der Waals surface area contributed by atoms with Gasteiger partial charge >= 0.3 is 0 Å². The van der Waals surface area contributed by atoms with Gasteiger partial charge in [0.1, 0.15) is 6.61 Å². The monoisotopic (exact) mass is 321 g/mol. The summed E-state index contributed by atoms with van der Waals surface area (Å²) in [5.41, 5.74) is 3.35. The van der Waals surface area contributed by atoms with Crippen LogP contribution in [-0.4, -0.2) is 22.6 Å². The van der Waals surface area contributed by atoms with Crippen LogP contribution in [0.25, 0.3) is 0 Å². The zero-order valence-corrected chi connectivity index (χ0v) is 12.6. The van der Waals surface area contributed by atoms with Crippen LogP contribution in [0.3, 0.4) is 0 Å². The molecule has 1 heterocycles. The summed E-state index contributed by atoms with van der Waals surface area (Å²) >= 11 is 3.46. The second-order valence-electron chi connectivity index (χ2n) is 4.17. The molecule has 0 amide bonds. The highest BCUT2D eigenvalue weighted by atomic mass is 79.9. The Kier molecular flexibility index (Phi) is 4.74. The first-order chi connectivity index (χ1) is 9.20. The predicted octanol–water partition coefficient (Wildman–Crippen LogP) is 3.37. The van der Waals surface area contributed by atoms with Crippen molar-refractivity contribution in [1.82, 2.24) is 9.78 Å². The molecule has 100 valence electrons. The first-order valence-electron chi connectivity index (χ1n) is 6.13. The first-order valence-corrected chi connectivity index (χ1v) is 6.92. The van der Waals surface area contributed by atoms with Crippen molar-refractivity contribution in [2.45, 2.75) is 20.4 Å². The number of hydrogen-bond donors (Lipinski definition) is 0. The second-order valence-corrected chi connectivity index (χ2v) is 5.03. The average molecular weight is 322 g/mol. The fourth-order valence-corrected chi connectivity index (χ4v) is 2.05. The van der Waals surface area contributed by atoms with E-state index >= 15 is 0 Å². The highest BCUT2D eigenvalue weighted by molar-refractivity contribution is 9.10. The molecule has 0 atom stereocenters. The molecule has 1 aromatic heterocycles. The van der Waals surface area contributed by atoms with E-state index in [4.69, 9.17) is 4.84 Å². The summed E-state index contributed by atoms with van der Waals surface area (Å²) in [6.45, 7) is 5.24. The van der Waals surface area contributed by atoms with E-state index in [0.29, 0.717) is 13.2 Å². The number of aryl methyl sites for hydroxylation is 1. The molecule has 0 saturated carbocycles. The lowest BCUT2D eigenvalue weighted by Gasteiger charge is -2.05. The molecule has 0 aliphatic rings. The minimum absolute atomic E-state index is 0.556. The number of nitrogens with zero attached hydrogens (tertiary/aromatic N) is 3. The Hall–Kier alpha value is -1.62.